The lowest BCUT2D eigenvalue weighted by Gasteiger charge is -2.25. The zero-order chi connectivity index (χ0) is 19.7. The number of hydrogen-bond acceptors (Lipinski definition) is 4. The second-order valence-corrected chi connectivity index (χ2v) is 7.77. The second-order valence-electron chi connectivity index (χ2n) is 6.63. The van der Waals surface area contributed by atoms with Gasteiger partial charge in [0.1, 0.15) is 6.29 Å². The Kier molecular flexibility index (Phi) is 8.07. The molecule has 0 aliphatic rings. The maximum atomic E-state index is 12.8. The van der Waals surface area contributed by atoms with Crippen LogP contribution in [0.4, 0.5) is 0 Å². The molecule has 2 unspecified atom stereocenters. The molecule has 5 heteroatoms. The molecule has 2 aromatic carbocycles. The van der Waals surface area contributed by atoms with Gasteiger partial charge in [-0.25, -0.2) is 4.21 Å². The summed E-state index contributed by atoms with van der Waals surface area (Å²) in [5, 5.41) is 0. The van der Waals surface area contributed by atoms with Gasteiger partial charge in [0, 0.05) is 11.1 Å². The Morgan fingerprint density at radius 1 is 1.07 bits per heavy atom. The summed E-state index contributed by atoms with van der Waals surface area (Å²) >= 11 is -1.82. The molecule has 0 N–H and O–H groups in total. The van der Waals surface area contributed by atoms with Crippen LogP contribution >= 0.6 is 0 Å². The van der Waals surface area contributed by atoms with E-state index in [1.165, 1.54) is 0 Å². The average Bonchev–Trinajstić information content (AvgIpc) is 2.74. The minimum absolute atomic E-state index is 0.0769. The first kappa shape index (κ1) is 21.2. The van der Waals surface area contributed by atoms with Crippen molar-refractivity contribution < 1.29 is 18.0 Å². The summed E-state index contributed by atoms with van der Waals surface area (Å²) in [6, 6.07) is 15.6. The fraction of sp³-hybridized carbons (Fsp3) is 0.364. The van der Waals surface area contributed by atoms with E-state index < -0.39 is 16.5 Å². The van der Waals surface area contributed by atoms with E-state index in [0.717, 1.165) is 19.1 Å². The van der Waals surface area contributed by atoms with Crippen LogP contribution in [0, 0.1) is 5.41 Å². The monoisotopic (exact) mass is 386 g/mol. The summed E-state index contributed by atoms with van der Waals surface area (Å²) in [6.07, 6.45) is 4.13. The predicted molar refractivity (Wildman–Crippen MR) is 107 cm³/mol. The lowest BCUT2D eigenvalue weighted by atomic mass is 9.83. The first-order valence-electron chi connectivity index (χ1n) is 9.27. The van der Waals surface area contributed by atoms with E-state index in [4.69, 9.17) is 4.18 Å². The Bertz CT molecular complexity index is 788. The van der Waals surface area contributed by atoms with Gasteiger partial charge in [0.25, 0.3) is 0 Å². The van der Waals surface area contributed by atoms with Gasteiger partial charge in [0.05, 0.1) is 16.9 Å². The van der Waals surface area contributed by atoms with Crippen LogP contribution in [0.5, 0.6) is 0 Å². The molecule has 0 aliphatic carbocycles. The number of carbonyl (C=O) groups excluding carboxylic acids is 2. The van der Waals surface area contributed by atoms with Crippen molar-refractivity contribution in [2.75, 3.05) is 6.61 Å². The molecule has 0 radical (unpaired) electrons. The third-order valence-electron chi connectivity index (χ3n) is 4.78. The third-order valence-corrected chi connectivity index (χ3v) is 5.83. The Balaban J connectivity index is 2.20. The van der Waals surface area contributed by atoms with E-state index in [1.807, 2.05) is 13.0 Å². The van der Waals surface area contributed by atoms with Crippen molar-refractivity contribution in [3.8, 4) is 0 Å². The van der Waals surface area contributed by atoms with Gasteiger partial charge in [-0.05, 0) is 25.0 Å². The standard InChI is InChI=1S/C22H26O4S/c1-3-5-15-22(4-2,16-23)17-26-27(25)20-14-10-9-13-19(20)21(24)18-11-7-6-8-12-18/h6-14,16H,3-5,15,17H2,1-2H3. The number of unbranched alkanes of at least 4 members (excludes halogenated alkanes) is 1. The second kappa shape index (κ2) is 10.3. The number of benzene rings is 2. The number of aldehydes is 1. The third kappa shape index (κ3) is 5.44. The molecule has 0 spiro atoms. The van der Waals surface area contributed by atoms with Crippen LogP contribution in [0.25, 0.3) is 0 Å². The van der Waals surface area contributed by atoms with Gasteiger partial charge in [-0.15, -0.1) is 0 Å². The molecule has 0 heterocycles. The van der Waals surface area contributed by atoms with Crippen molar-refractivity contribution in [3.05, 3.63) is 65.7 Å². The highest BCUT2D eigenvalue weighted by atomic mass is 32.2. The number of carbonyl (C=O) groups is 2. The van der Waals surface area contributed by atoms with Crippen LogP contribution in [-0.2, 0) is 20.1 Å². The van der Waals surface area contributed by atoms with E-state index in [-0.39, 0.29) is 12.4 Å². The summed E-state index contributed by atoms with van der Waals surface area (Å²) in [5.41, 5.74) is 0.244. The summed E-state index contributed by atoms with van der Waals surface area (Å²) < 4.78 is 18.4. The Labute approximate surface area is 163 Å². The van der Waals surface area contributed by atoms with Gasteiger partial charge in [-0.3, -0.25) is 8.98 Å². The molecule has 0 bridgehead atoms. The Morgan fingerprint density at radius 2 is 1.74 bits per heavy atom. The number of hydrogen-bond donors (Lipinski definition) is 0. The molecule has 0 saturated heterocycles. The first-order chi connectivity index (χ1) is 13.1. The maximum absolute atomic E-state index is 12.8. The molecule has 27 heavy (non-hydrogen) atoms. The SMILES string of the molecule is CCCCC(C=O)(CC)COS(=O)c1ccccc1C(=O)c1ccccc1. The van der Waals surface area contributed by atoms with Gasteiger partial charge in [-0.1, -0.05) is 69.2 Å². The molecule has 4 nitrogen and oxygen atoms in total. The van der Waals surface area contributed by atoms with Gasteiger partial charge in [-0.2, -0.15) is 0 Å². The van der Waals surface area contributed by atoms with E-state index in [0.29, 0.717) is 28.9 Å². The van der Waals surface area contributed by atoms with Crippen molar-refractivity contribution in [1.29, 1.82) is 0 Å². The normalized spacial score (nSPS) is 14.3. The summed E-state index contributed by atoms with van der Waals surface area (Å²) in [4.78, 5) is 24.8. The van der Waals surface area contributed by atoms with Crippen LogP contribution < -0.4 is 0 Å². The molecule has 2 aromatic rings. The molecular weight excluding hydrogens is 360 g/mol. The quantitative estimate of drug-likeness (QED) is 0.413. The van der Waals surface area contributed by atoms with Crippen LogP contribution in [-0.4, -0.2) is 22.9 Å². The van der Waals surface area contributed by atoms with Crippen molar-refractivity contribution >= 4 is 23.1 Å². The minimum Gasteiger partial charge on any atom is -0.303 e. The fourth-order valence-corrected chi connectivity index (χ4v) is 3.83. The molecule has 0 saturated carbocycles. The lowest BCUT2D eigenvalue weighted by Crippen LogP contribution is -2.28. The van der Waals surface area contributed by atoms with Crippen LogP contribution in [0.3, 0.4) is 0 Å². The molecule has 144 valence electrons. The van der Waals surface area contributed by atoms with Crippen LogP contribution in [0.2, 0.25) is 0 Å². The Hall–Kier alpha value is -2.11. The highest BCUT2D eigenvalue weighted by Gasteiger charge is 2.29. The van der Waals surface area contributed by atoms with E-state index in [1.54, 1.807) is 48.5 Å². The summed E-state index contributed by atoms with van der Waals surface area (Å²) in [7, 11) is 0. The van der Waals surface area contributed by atoms with Crippen molar-refractivity contribution in [2.24, 2.45) is 5.41 Å². The van der Waals surface area contributed by atoms with Crippen molar-refractivity contribution in [1.82, 2.24) is 0 Å². The minimum atomic E-state index is -1.82. The van der Waals surface area contributed by atoms with Gasteiger partial charge < -0.3 is 4.79 Å². The van der Waals surface area contributed by atoms with E-state index >= 15 is 0 Å². The predicted octanol–water partition coefficient (Wildman–Crippen LogP) is 4.74. The smallest absolute Gasteiger partial charge is 0.194 e. The van der Waals surface area contributed by atoms with Gasteiger partial charge in [0.2, 0.25) is 0 Å². The number of ketones is 1. The number of rotatable bonds is 11. The van der Waals surface area contributed by atoms with Crippen molar-refractivity contribution in [3.63, 3.8) is 0 Å². The molecule has 0 aromatic heterocycles. The van der Waals surface area contributed by atoms with Crippen molar-refractivity contribution in [2.45, 2.75) is 44.4 Å². The van der Waals surface area contributed by atoms with E-state index in [9.17, 15) is 13.8 Å². The van der Waals surface area contributed by atoms with Crippen LogP contribution in [0.1, 0.15) is 55.5 Å². The highest BCUT2D eigenvalue weighted by Crippen LogP contribution is 2.28. The fourth-order valence-electron chi connectivity index (χ4n) is 2.84. The van der Waals surface area contributed by atoms with Crippen LogP contribution in [0.15, 0.2) is 59.5 Å². The first-order valence-corrected chi connectivity index (χ1v) is 10.3. The molecule has 0 aliphatic heterocycles. The zero-order valence-corrected chi connectivity index (χ0v) is 16.7. The zero-order valence-electron chi connectivity index (χ0n) is 15.9. The summed E-state index contributed by atoms with van der Waals surface area (Å²) in [6.45, 7) is 4.08. The Morgan fingerprint density at radius 3 is 2.37 bits per heavy atom. The molecule has 0 amide bonds. The summed E-state index contributed by atoms with van der Waals surface area (Å²) in [5.74, 6) is -0.203. The maximum Gasteiger partial charge on any atom is 0.194 e. The highest BCUT2D eigenvalue weighted by molar-refractivity contribution is 7.80. The molecule has 0 fully saturated rings. The van der Waals surface area contributed by atoms with Gasteiger partial charge in [0.15, 0.2) is 16.9 Å². The van der Waals surface area contributed by atoms with Gasteiger partial charge >= 0.3 is 0 Å². The molecule has 2 rings (SSSR count). The molecular formula is C22H26O4S. The molecule has 2 atom stereocenters. The van der Waals surface area contributed by atoms with E-state index in [2.05, 4.69) is 6.92 Å². The topological polar surface area (TPSA) is 60.4 Å². The lowest BCUT2D eigenvalue weighted by molar-refractivity contribution is -0.118. The average molecular weight is 387 g/mol. The largest absolute Gasteiger partial charge is 0.303 e.